The fraction of sp³-hybridized carbons (Fsp3) is 0.276. The monoisotopic (exact) mass is 533 g/mol. The van der Waals surface area contributed by atoms with Crippen LogP contribution in [0.1, 0.15) is 33.2 Å². The fourth-order valence-corrected chi connectivity index (χ4v) is 4.99. The van der Waals surface area contributed by atoms with Gasteiger partial charge in [-0.1, -0.05) is 36.3 Å². The van der Waals surface area contributed by atoms with Crippen LogP contribution in [0.2, 0.25) is 0 Å². The SMILES string of the molecule is C#C[C@H](c1ccccc1)N1CCN(C(=O)c2cnn3c(C(F)(F)F)c(C)c(-c4ccc(OC)cc4)nc23)CC1. The molecule has 4 aromatic rings. The van der Waals surface area contributed by atoms with E-state index < -0.39 is 17.8 Å². The molecule has 5 rings (SSSR count). The smallest absolute Gasteiger partial charge is 0.433 e. The van der Waals surface area contributed by atoms with E-state index in [1.165, 1.54) is 14.0 Å². The predicted octanol–water partition coefficient (Wildman–Crippen LogP) is 4.86. The molecule has 2 aromatic carbocycles. The number of piperazine rings is 1. The fourth-order valence-electron chi connectivity index (χ4n) is 4.99. The van der Waals surface area contributed by atoms with Gasteiger partial charge in [0.1, 0.15) is 11.3 Å². The lowest BCUT2D eigenvalue weighted by atomic mass is 10.0. The third-order valence-corrected chi connectivity index (χ3v) is 6.99. The van der Waals surface area contributed by atoms with E-state index in [-0.39, 0.29) is 28.5 Å². The van der Waals surface area contributed by atoms with Crippen LogP contribution >= 0.6 is 0 Å². The summed E-state index contributed by atoms with van der Waals surface area (Å²) >= 11 is 0. The molecule has 0 radical (unpaired) electrons. The van der Waals surface area contributed by atoms with Crippen molar-refractivity contribution in [1.29, 1.82) is 0 Å². The second-order valence-corrected chi connectivity index (χ2v) is 9.26. The summed E-state index contributed by atoms with van der Waals surface area (Å²) in [5.74, 6) is 2.96. The molecular weight excluding hydrogens is 507 g/mol. The predicted molar refractivity (Wildman–Crippen MR) is 140 cm³/mol. The zero-order chi connectivity index (χ0) is 27.7. The third-order valence-electron chi connectivity index (χ3n) is 6.99. The van der Waals surface area contributed by atoms with E-state index >= 15 is 0 Å². The summed E-state index contributed by atoms with van der Waals surface area (Å²) in [7, 11) is 1.50. The highest BCUT2D eigenvalue weighted by Crippen LogP contribution is 2.37. The number of amides is 1. The van der Waals surface area contributed by atoms with E-state index in [9.17, 15) is 18.0 Å². The van der Waals surface area contributed by atoms with Crippen LogP contribution in [0.3, 0.4) is 0 Å². The van der Waals surface area contributed by atoms with Crippen LogP contribution < -0.4 is 4.74 Å². The van der Waals surface area contributed by atoms with Crippen LogP contribution in [0, 0.1) is 19.3 Å². The van der Waals surface area contributed by atoms with Crippen LogP contribution in [0.4, 0.5) is 13.2 Å². The molecule has 10 heteroatoms. The summed E-state index contributed by atoms with van der Waals surface area (Å²) in [5.41, 5.74) is 0.399. The second-order valence-electron chi connectivity index (χ2n) is 9.26. The number of fused-ring (bicyclic) bond motifs is 1. The van der Waals surface area contributed by atoms with Crippen molar-refractivity contribution in [1.82, 2.24) is 24.4 Å². The molecule has 0 unspecified atom stereocenters. The molecule has 0 bridgehead atoms. The first-order valence-electron chi connectivity index (χ1n) is 12.4. The molecule has 200 valence electrons. The van der Waals surface area contributed by atoms with Crippen molar-refractivity contribution in [3.63, 3.8) is 0 Å². The van der Waals surface area contributed by atoms with Crippen LogP contribution in [0.25, 0.3) is 16.9 Å². The highest BCUT2D eigenvalue weighted by molar-refractivity contribution is 6.00. The molecule has 1 saturated heterocycles. The molecule has 2 aromatic heterocycles. The molecule has 1 amide bonds. The van der Waals surface area contributed by atoms with Crippen LogP contribution in [0.5, 0.6) is 5.75 Å². The Morgan fingerprint density at radius 2 is 1.72 bits per heavy atom. The minimum atomic E-state index is -4.72. The first-order valence-corrected chi connectivity index (χ1v) is 12.4. The van der Waals surface area contributed by atoms with Gasteiger partial charge in [-0.15, -0.1) is 6.42 Å². The van der Waals surface area contributed by atoms with Gasteiger partial charge in [-0.2, -0.15) is 18.3 Å². The minimum absolute atomic E-state index is 0.0141. The maximum absolute atomic E-state index is 14.2. The van der Waals surface area contributed by atoms with Crippen molar-refractivity contribution in [2.24, 2.45) is 0 Å². The highest BCUT2D eigenvalue weighted by atomic mass is 19.4. The Morgan fingerprint density at radius 1 is 1.05 bits per heavy atom. The zero-order valence-corrected chi connectivity index (χ0v) is 21.4. The van der Waals surface area contributed by atoms with Crippen molar-refractivity contribution in [2.75, 3.05) is 33.3 Å². The van der Waals surface area contributed by atoms with Gasteiger partial charge in [-0.05, 0) is 36.8 Å². The van der Waals surface area contributed by atoms with Crippen LogP contribution in [-0.4, -0.2) is 63.6 Å². The van der Waals surface area contributed by atoms with E-state index in [1.807, 2.05) is 30.3 Å². The zero-order valence-electron chi connectivity index (χ0n) is 21.4. The van der Waals surface area contributed by atoms with E-state index in [0.29, 0.717) is 37.5 Å². The van der Waals surface area contributed by atoms with Crippen molar-refractivity contribution >= 4 is 11.6 Å². The van der Waals surface area contributed by atoms with E-state index in [0.717, 1.165) is 16.3 Å². The third kappa shape index (κ3) is 4.93. The molecule has 39 heavy (non-hydrogen) atoms. The van der Waals surface area contributed by atoms with Crippen molar-refractivity contribution < 1.29 is 22.7 Å². The molecule has 1 aliphatic rings. The molecule has 1 atom stereocenters. The van der Waals surface area contributed by atoms with Gasteiger partial charge in [0, 0.05) is 37.3 Å². The number of halogens is 3. The lowest BCUT2D eigenvalue weighted by molar-refractivity contribution is -0.143. The number of hydrogen-bond acceptors (Lipinski definition) is 5. The molecule has 0 N–H and O–H groups in total. The van der Waals surface area contributed by atoms with Crippen LogP contribution in [-0.2, 0) is 6.18 Å². The standard InChI is InChI=1S/C29H26F3N5O2/c1-4-24(20-8-6-5-7-9-20)35-14-16-36(17-15-35)28(38)23-18-33-37-26(29(30,31)32)19(2)25(34-27(23)37)21-10-12-22(39-3)13-11-21/h1,5-13,18,24H,14-17H2,2-3H3/t24-/m1/s1. The lowest BCUT2D eigenvalue weighted by Gasteiger charge is -2.37. The topological polar surface area (TPSA) is 63.0 Å². The first-order chi connectivity index (χ1) is 18.7. The van der Waals surface area contributed by atoms with Crippen molar-refractivity contribution in [2.45, 2.75) is 19.1 Å². The highest BCUT2D eigenvalue weighted by Gasteiger charge is 2.39. The number of aromatic nitrogens is 3. The summed E-state index contributed by atoms with van der Waals surface area (Å²) in [6.45, 7) is 3.12. The number of carbonyl (C=O) groups excluding carboxylic acids is 1. The lowest BCUT2D eigenvalue weighted by Crippen LogP contribution is -2.49. The van der Waals surface area contributed by atoms with Gasteiger partial charge in [0.05, 0.1) is 25.0 Å². The largest absolute Gasteiger partial charge is 0.497 e. The summed E-state index contributed by atoms with van der Waals surface area (Å²) in [5, 5.41) is 3.95. The number of hydrogen-bond donors (Lipinski definition) is 0. The first kappa shape index (κ1) is 26.3. The number of nitrogens with zero attached hydrogens (tertiary/aromatic N) is 5. The molecule has 1 fully saturated rings. The van der Waals surface area contributed by atoms with E-state index in [4.69, 9.17) is 11.2 Å². The van der Waals surface area contributed by atoms with E-state index in [1.54, 1.807) is 29.2 Å². The number of rotatable bonds is 5. The average Bonchev–Trinajstić information content (AvgIpc) is 3.36. The number of terminal acetylenes is 1. The summed E-state index contributed by atoms with van der Waals surface area (Å²) in [4.78, 5) is 21.8. The molecule has 7 nitrogen and oxygen atoms in total. The minimum Gasteiger partial charge on any atom is -0.497 e. The van der Waals surface area contributed by atoms with Crippen LogP contribution in [0.15, 0.2) is 60.8 Å². The Hall–Kier alpha value is -4.36. The van der Waals surface area contributed by atoms with Gasteiger partial charge in [0.15, 0.2) is 11.3 Å². The van der Waals surface area contributed by atoms with Crippen molar-refractivity contribution in [3.05, 3.63) is 83.2 Å². The summed E-state index contributed by atoms with van der Waals surface area (Å²) in [6.07, 6.45) is 2.27. The van der Waals surface area contributed by atoms with Gasteiger partial charge in [0.2, 0.25) is 0 Å². The Balaban J connectivity index is 1.47. The van der Waals surface area contributed by atoms with Gasteiger partial charge in [0.25, 0.3) is 5.91 Å². The summed E-state index contributed by atoms with van der Waals surface area (Å²) in [6, 6.07) is 16.0. The normalized spacial score (nSPS) is 15.2. The summed E-state index contributed by atoms with van der Waals surface area (Å²) < 4.78 is 48.6. The van der Waals surface area contributed by atoms with Gasteiger partial charge >= 0.3 is 6.18 Å². The Bertz CT molecular complexity index is 1530. The average molecular weight is 534 g/mol. The molecule has 1 aliphatic heterocycles. The number of benzene rings is 2. The number of methoxy groups -OCH3 is 1. The number of alkyl halides is 3. The Morgan fingerprint density at radius 3 is 2.31 bits per heavy atom. The van der Waals surface area contributed by atoms with Gasteiger partial charge in [-0.3, -0.25) is 9.69 Å². The number of ether oxygens (including phenoxy) is 1. The van der Waals surface area contributed by atoms with E-state index in [2.05, 4.69) is 20.9 Å². The van der Waals surface area contributed by atoms with Crippen molar-refractivity contribution in [3.8, 4) is 29.4 Å². The van der Waals surface area contributed by atoms with Gasteiger partial charge in [-0.25, -0.2) is 9.50 Å². The maximum atomic E-state index is 14.2. The molecule has 3 heterocycles. The molecule has 0 saturated carbocycles. The number of carbonyl (C=O) groups is 1. The molecule has 0 aliphatic carbocycles. The molecule has 0 spiro atoms. The van der Waals surface area contributed by atoms with Gasteiger partial charge < -0.3 is 9.64 Å². The Kier molecular flexibility index (Phi) is 7.02. The molecular formula is C29H26F3N5O2. The Labute approximate surface area is 223 Å². The quantitative estimate of drug-likeness (QED) is 0.343. The second kappa shape index (κ2) is 10.4. The maximum Gasteiger partial charge on any atom is 0.433 e.